The van der Waals surface area contributed by atoms with E-state index in [0.29, 0.717) is 34.7 Å². The number of ether oxygens (including phenoxy) is 3. The van der Waals surface area contributed by atoms with E-state index < -0.39 is 18.0 Å². The molecule has 0 fully saturated rings. The van der Waals surface area contributed by atoms with E-state index in [1.807, 2.05) is 0 Å². The van der Waals surface area contributed by atoms with Crippen LogP contribution in [-0.4, -0.2) is 37.2 Å². The number of methoxy groups -OCH3 is 2. The number of hydrogen-bond donors (Lipinski definition) is 1. The number of nitrogens with one attached hydrogen (secondary N) is 1. The van der Waals surface area contributed by atoms with E-state index >= 15 is 0 Å². The Balaban J connectivity index is 1.71. The second kappa shape index (κ2) is 8.43. The van der Waals surface area contributed by atoms with Crippen molar-refractivity contribution in [2.45, 2.75) is 19.4 Å². The molecule has 0 aliphatic carbocycles. The van der Waals surface area contributed by atoms with Crippen molar-refractivity contribution in [3.8, 4) is 11.5 Å². The van der Waals surface area contributed by atoms with Gasteiger partial charge >= 0.3 is 5.97 Å². The third-order valence-corrected chi connectivity index (χ3v) is 4.10. The van der Waals surface area contributed by atoms with Crippen molar-refractivity contribution in [3.63, 3.8) is 0 Å². The smallest absolute Gasteiger partial charge is 0.339 e. The van der Waals surface area contributed by atoms with Crippen LogP contribution in [0.1, 0.15) is 23.7 Å². The summed E-state index contributed by atoms with van der Waals surface area (Å²) in [4.78, 5) is 29.0. The van der Waals surface area contributed by atoms with Gasteiger partial charge in [-0.3, -0.25) is 4.79 Å². The number of carbonyl (C=O) groups excluding carboxylic acids is 2. The van der Waals surface area contributed by atoms with Gasteiger partial charge in [-0.15, -0.1) is 0 Å². The highest BCUT2D eigenvalue weighted by Gasteiger charge is 2.23. The van der Waals surface area contributed by atoms with Crippen molar-refractivity contribution in [2.75, 3.05) is 19.5 Å². The van der Waals surface area contributed by atoms with Crippen LogP contribution in [-0.2, 0) is 9.53 Å². The van der Waals surface area contributed by atoms with E-state index in [2.05, 4.69) is 10.3 Å². The molecular weight excluding hydrogens is 364 g/mol. The van der Waals surface area contributed by atoms with Gasteiger partial charge in [-0.1, -0.05) is 6.92 Å². The highest BCUT2D eigenvalue weighted by molar-refractivity contribution is 5.98. The molecular formula is C20H20N2O6. The van der Waals surface area contributed by atoms with Crippen LogP contribution in [0.2, 0.25) is 0 Å². The molecule has 1 N–H and O–H groups in total. The zero-order valence-corrected chi connectivity index (χ0v) is 15.7. The second-order valence-electron chi connectivity index (χ2n) is 5.93. The minimum absolute atomic E-state index is 0.276. The number of benzene rings is 2. The van der Waals surface area contributed by atoms with E-state index in [-0.39, 0.29) is 5.56 Å². The number of nitrogens with zero attached hydrogens (tertiary/aromatic N) is 1. The van der Waals surface area contributed by atoms with Gasteiger partial charge in [-0.25, -0.2) is 9.78 Å². The number of oxazole rings is 1. The Morgan fingerprint density at radius 2 is 1.82 bits per heavy atom. The topological polar surface area (TPSA) is 99.9 Å². The van der Waals surface area contributed by atoms with Crippen molar-refractivity contribution < 1.29 is 28.2 Å². The van der Waals surface area contributed by atoms with Crippen LogP contribution in [0.15, 0.2) is 47.2 Å². The normalized spacial score (nSPS) is 11.7. The third kappa shape index (κ3) is 4.22. The maximum Gasteiger partial charge on any atom is 0.339 e. The van der Waals surface area contributed by atoms with Gasteiger partial charge in [0.25, 0.3) is 5.91 Å². The molecule has 1 aromatic heterocycles. The zero-order chi connectivity index (χ0) is 20.1. The average molecular weight is 384 g/mol. The van der Waals surface area contributed by atoms with E-state index in [1.165, 1.54) is 26.7 Å². The summed E-state index contributed by atoms with van der Waals surface area (Å²) in [5.74, 6) is -0.0180. The summed E-state index contributed by atoms with van der Waals surface area (Å²) in [6, 6.07) is 9.73. The monoisotopic (exact) mass is 384 g/mol. The molecule has 1 heterocycles. The van der Waals surface area contributed by atoms with E-state index in [0.717, 1.165) is 0 Å². The van der Waals surface area contributed by atoms with Crippen molar-refractivity contribution >= 4 is 28.7 Å². The first-order chi connectivity index (χ1) is 13.5. The van der Waals surface area contributed by atoms with Crippen molar-refractivity contribution in [2.24, 2.45) is 0 Å². The van der Waals surface area contributed by atoms with Crippen LogP contribution in [0.3, 0.4) is 0 Å². The van der Waals surface area contributed by atoms with Gasteiger partial charge in [-0.05, 0) is 24.6 Å². The highest BCUT2D eigenvalue weighted by atomic mass is 16.5. The van der Waals surface area contributed by atoms with Gasteiger partial charge in [0.2, 0.25) is 0 Å². The number of aromatic nitrogens is 1. The van der Waals surface area contributed by atoms with E-state index in [4.69, 9.17) is 18.6 Å². The molecule has 0 aliphatic heterocycles. The summed E-state index contributed by atoms with van der Waals surface area (Å²) in [5, 5.41) is 2.72. The molecule has 0 radical (unpaired) electrons. The van der Waals surface area contributed by atoms with Gasteiger partial charge in [0.15, 0.2) is 18.1 Å². The van der Waals surface area contributed by atoms with E-state index in [9.17, 15) is 9.59 Å². The number of esters is 1. The predicted molar refractivity (Wildman–Crippen MR) is 102 cm³/mol. The second-order valence-corrected chi connectivity index (χ2v) is 5.93. The standard InChI is InChI=1S/C20H20N2O6/c1-4-17(19(23)22-13-8-14(25-2)10-15(9-13)26-3)28-20(24)12-5-6-16-18(7-12)27-11-21-16/h5-11,17H,4H2,1-3H3,(H,22,23). The van der Waals surface area contributed by atoms with Gasteiger partial charge in [-0.2, -0.15) is 0 Å². The van der Waals surface area contributed by atoms with Crippen LogP contribution < -0.4 is 14.8 Å². The number of amides is 1. The van der Waals surface area contributed by atoms with Crippen LogP contribution in [0.4, 0.5) is 5.69 Å². The third-order valence-electron chi connectivity index (χ3n) is 4.10. The molecule has 0 aliphatic rings. The molecule has 0 saturated carbocycles. The van der Waals surface area contributed by atoms with Crippen molar-refractivity contribution in [1.29, 1.82) is 0 Å². The first-order valence-electron chi connectivity index (χ1n) is 8.62. The molecule has 8 heteroatoms. The van der Waals surface area contributed by atoms with Gasteiger partial charge in [0.1, 0.15) is 17.0 Å². The van der Waals surface area contributed by atoms with Crippen molar-refractivity contribution in [1.82, 2.24) is 4.98 Å². The summed E-state index contributed by atoms with van der Waals surface area (Å²) in [6.07, 6.45) is 0.642. The SMILES string of the molecule is CCC(OC(=O)c1ccc2ncoc2c1)C(=O)Nc1cc(OC)cc(OC)c1. The van der Waals surface area contributed by atoms with Gasteiger partial charge < -0.3 is 23.9 Å². The molecule has 0 saturated heterocycles. The Morgan fingerprint density at radius 1 is 1.11 bits per heavy atom. The summed E-state index contributed by atoms with van der Waals surface area (Å²) >= 11 is 0. The minimum atomic E-state index is -0.963. The Hall–Kier alpha value is -3.55. The number of rotatable bonds is 7. The molecule has 1 amide bonds. The molecule has 1 unspecified atom stereocenters. The highest BCUT2D eigenvalue weighted by Crippen LogP contribution is 2.26. The zero-order valence-electron chi connectivity index (χ0n) is 15.7. The Labute approximate surface area is 161 Å². The maximum absolute atomic E-state index is 12.6. The quantitative estimate of drug-likeness (QED) is 0.623. The lowest BCUT2D eigenvalue weighted by atomic mass is 10.2. The van der Waals surface area contributed by atoms with Gasteiger partial charge in [0, 0.05) is 23.9 Å². The fourth-order valence-corrected chi connectivity index (χ4v) is 2.60. The molecule has 8 nitrogen and oxygen atoms in total. The molecule has 3 aromatic rings. The fourth-order valence-electron chi connectivity index (χ4n) is 2.60. The fraction of sp³-hybridized carbons (Fsp3) is 0.250. The van der Waals surface area contributed by atoms with Crippen LogP contribution in [0, 0.1) is 0 Å². The number of hydrogen-bond acceptors (Lipinski definition) is 7. The Morgan fingerprint density at radius 3 is 2.46 bits per heavy atom. The van der Waals surface area contributed by atoms with Crippen LogP contribution in [0.5, 0.6) is 11.5 Å². The molecule has 28 heavy (non-hydrogen) atoms. The Kier molecular flexibility index (Phi) is 5.78. The lowest BCUT2D eigenvalue weighted by molar-refractivity contribution is -0.124. The minimum Gasteiger partial charge on any atom is -0.497 e. The first-order valence-corrected chi connectivity index (χ1v) is 8.62. The number of carbonyl (C=O) groups is 2. The number of fused-ring (bicyclic) bond motifs is 1. The first kappa shape index (κ1) is 19.2. The molecule has 0 spiro atoms. The van der Waals surface area contributed by atoms with Crippen molar-refractivity contribution in [3.05, 3.63) is 48.4 Å². The lowest BCUT2D eigenvalue weighted by Crippen LogP contribution is -2.32. The number of anilines is 1. The summed E-state index contributed by atoms with van der Waals surface area (Å²) in [7, 11) is 3.03. The average Bonchev–Trinajstić information content (AvgIpc) is 3.19. The predicted octanol–water partition coefficient (Wildman–Crippen LogP) is 3.42. The summed E-state index contributed by atoms with van der Waals surface area (Å²) in [5.41, 5.74) is 1.85. The Bertz CT molecular complexity index is 975. The molecule has 0 bridgehead atoms. The lowest BCUT2D eigenvalue weighted by Gasteiger charge is -2.17. The van der Waals surface area contributed by atoms with E-state index in [1.54, 1.807) is 37.3 Å². The summed E-state index contributed by atoms with van der Waals surface area (Å²) in [6.45, 7) is 1.75. The molecule has 146 valence electrons. The van der Waals surface area contributed by atoms with Crippen LogP contribution in [0.25, 0.3) is 11.1 Å². The molecule has 1 atom stereocenters. The summed E-state index contributed by atoms with van der Waals surface area (Å²) < 4.78 is 20.9. The molecule has 2 aromatic carbocycles. The van der Waals surface area contributed by atoms with Gasteiger partial charge in [0.05, 0.1) is 19.8 Å². The van der Waals surface area contributed by atoms with Crippen LogP contribution >= 0.6 is 0 Å². The molecule has 3 rings (SSSR count). The maximum atomic E-state index is 12.6. The largest absolute Gasteiger partial charge is 0.497 e.